The van der Waals surface area contributed by atoms with Crippen molar-refractivity contribution >= 4 is 11.6 Å². The molecule has 2 N–H and O–H groups in total. The number of nitrogens with one attached hydrogen (secondary N) is 2. The highest BCUT2D eigenvalue weighted by Crippen LogP contribution is 2.32. The Labute approximate surface area is 165 Å². The van der Waals surface area contributed by atoms with E-state index in [1.807, 2.05) is 24.3 Å². The molecule has 1 aliphatic carbocycles. The molecule has 28 heavy (non-hydrogen) atoms. The molecule has 1 amide bonds. The molecular weight excluding hydrogens is 354 g/mol. The van der Waals surface area contributed by atoms with Crippen molar-refractivity contribution in [3.8, 4) is 11.5 Å². The minimum absolute atomic E-state index is 0.198. The van der Waals surface area contributed by atoms with Gasteiger partial charge >= 0.3 is 0 Å². The van der Waals surface area contributed by atoms with Gasteiger partial charge in [-0.05, 0) is 61.9 Å². The maximum atomic E-state index is 12.5. The normalized spacial score (nSPS) is 15.1. The first kappa shape index (κ1) is 18.3. The van der Waals surface area contributed by atoms with Crippen molar-refractivity contribution in [1.82, 2.24) is 10.3 Å². The highest BCUT2D eigenvalue weighted by Gasteiger charge is 2.14. The van der Waals surface area contributed by atoms with E-state index in [0.717, 1.165) is 30.0 Å². The average molecular weight is 379 g/mol. The van der Waals surface area contributed by atoms with E-state index >= 15 is 0 Å². The van der Waals surface area contributed by atoms with Crippen molar-refractivity contribution in [3.05, 3.63) is 59.4 Å². The predicted octanol–water partition coefficient (Wildman–Crippen LogP) is 4.04. The zero-order valence-electron chi connectivity index (χ0n) is 15.9. The third-order valence-electron chi connectivity index (χ3n) is 5.04. The van der Waals surface area contributed by atoms with Crippen molar-refractivity contribution in [2.75, 3.05) is 18.7 Å². The number of pyridine rings is 1. The van der Waals surface area contributed by atoms with Crippen LogP contribution in [0.1, 0.15) is 48.2 Å². The van der Waals surface area contributed by atoms with Gasteiger partial charge in [-0.15, -0.1) is 0 Å². The van der Waals surface area contributed by atoms with Crippen LogP contribution in [0.5, 0.6) is 11.5 Å². The molecule has 1 aliphatic heterocycles. The largest absolute Gasteiger partial charge is 0.454 e. The summed E-state index contributed by atoms with van der Waals surface area (Å²) in [5.41, 5.74) is 3.81. The molecular formula is C22H25N3O3. The number of carbonyl (C=O) groups is 1. The summed E-state index contributed by atoms with van der Waals surface area (Å²) in [5, 5.41) is 6.30. The molecule has 1 aromatic heterocycles. The van der Waals surface area contributed by atoms with Crippen LogP contribution in [0.15, 0.2) is 48.2 Å². The third kappa shape index (κ3) is 4.63. The number of benzene rings is 1. The summed E-state index contributed by atoms with van der Waals surface area (Å²) in [4.78, 5) is 16.7. The molecule has 2 heterocycles. The van der Waals surface area contributed by atoms with E-state index in [0.29, 0.717) is 18.0 Å². The standard InChI is InChI=1S/C22H25N3O3/c26-22(25-14-17-6-7-20-21(12-17)28-15-27-20)19-13-18(9-11-24-19)23-10-8-16-4-2-1-3-5-16/h4,6-7,9,11-13H,1-3,5,8,10,14-15H2,(H,23,24)(H,25,26). The zero-order chi connectivity index (χ0) is 19.2. The van der Waals surface area contributed by atoms with E-state index < -0.39 is 0 Å². The van der Waals surface area contributed by atoms with E-state index in [-0.39, 0.29) is 12.7 Å². The van der Waals surface area contributed by atoms with Crippen LogP contribution in [0, 0.1) is 0 Å². The molecule has 0 fully saturated rings. The van der Waals surface area contributed by atoms with Gasteiger partial charge in [-0.3, -0.25) is 9.78 Å². The molecule has 0 saturated carbocycles. The van der Waals surface area contributed by atoms with E-state index in [1.165, 1.54) is 31.3 Å². The predicted molar refractivity (Wildman–Crippen MR) is 108 cm³/mol. The lowest BCUT2D eigenvalue weighted by molar-refractivity contribution is 0.0946. The Hall–Kier alpha value is -3.02. The molecule has 2 aliphatic rings. The Balaban J connectivity index is 1.29. The van der Waals surface area contributed by atoms with Crippen LogP contribution in [0.25, 0.3) is 0 Å². The summed E-state index contributed by atoms with van der Waals surface area (Å²) in [6, 6.07) is 9.34. The van der Waals surface area contributed by atoms with Gasteiger partial charge in [-0.25, -0.2) is 0 Å². The molecule has 6 heteroatoms. The highest BCUT2D eigenvalue weighted by atomic mass is 16.7. The molecule has 146 valence electrons. The number of anilines is 1. The van der Waals surface area contributed by atoms with Crippen molar-refractivity contribution in [2.24, 2.45) is 0 Å². The fourth-order valence-corrected chi connectivity index (χ4v) is 3.49. The van der Waals surface area contributed by atoms with E-state index in [1.54, 1.807) is 12.3 Å². The molecule has 0 unspecified atom stereocenters. The first-order valence-corrected chi connectivity index (χ1v) is 9.82. The topological polar surface area (TPSA) is 72.5 Å². The Morgan fingerprint density at radius 3 is 2.93 bits per heavy atom. The van der Waals surface area contributed by atoms with Gasteiger partial charge in [-0.1, -0.05) is 17.7 Å². The maximum absolute atomic E-state index is 12.5. The van der Waals surface area contributed by atoms with E-state index in [2.05, 4.69) is 21.7 Å². The maximum Gasteiger partial charge on any atom is 0.270 e. The van der Waals surface area contributed by atoms with Crippen molar-refractivity contribution in [3.63, 3.8) is 0 Å². The summed E-state index contributed by atoms with van der Waals surface area (Å²) in [7, 11) is 0. The summed E-state index contributed by atoms with van der Waals surface area (Å²) in [6.45, 7) is 1.52. The highest BCUT2D eigenvalue weighted by molar-refractivity contribution is 5.93. The van der Waals surface area contributed by atoms with Gasteiger partial charge < -0.3 is 20.1 Å². The number of hydrogen-bond acceptors (Lipinski definition) is 5. The smallest absolute Gasteiger partial charge is 0.270 e. The Bertz CT molecular complexity index is 879. The van der Waals surface area contributed by atoms with Gasteiger partial charge in [0.2, 0.25) is 6.79 Å². The summed E-state index contributed by atoms with van der Waals surface area (Å²) in [5.74, 6) is 1.25. The van der Waals surface area contributed by atoms with Crippen LogP contribution in [-0.2, 0) is 6.54 Å². The van der Waals surface area contributed by atoms with E-state index in [4.69, 9.17) is 9.47 Å². The Morgan fingerprint density at radius 1 is 1.11 bits per heavy atom. The number of ether oxygens (including phenoxy) is 2. The number of hydrogen-bond donors (Lipinski definition) is 2. The second-order valence-corrected chi connectivity index (χ2v) is 7.08. The quantitative estimate of drug-likeness (QED) is 0.710. The van der Waals surface area contributed by atoms with Crippen LogP contribution in [0.3, 0.4) is 0 Å². The Kier molecular flexibility index (Phi) is 5.75. The third-order valence-corrected chi connectivity index (χ3v) is 5.04. The van der Waals surface area contributed by atoms with Crippen LogP contribution < -0.4 is 20.1 Å². The second-order valence-electron chi connectivity index (χ2n) is 7.08. The SMILES string of the molecule is O=C(NCc1ccc2c(c1)OCO2)c1cc(NCCC2=CCCCC2)ccn1. The van der Waals surface area contributed by atoms with Crippen LogP contribution >= 0.6 is 0 Å². The number of amides is 1. The molecule has 0 radical (unpaired) electrons. The van der Waals surface area contributed by atoms with Crippen molar-refractivity contribution in [1.29, 1.82) is 0 Å². The minimum Gasteiger partial charge on any atom is -0.454 e. The van der Waals surface area contributed by atoms with E-state index in [9.17, 15) is 4.79 Å². The van der Waals surface area contributed by atoms with Gasteiger partial charge in [0.05, 0.1) is 0 Å². The average Bonchev–Trinajstić information content (AvgIpc) is 3.21. The fraction of sp³-hybridized carbons (Fsp3) is 0.364. The number of rotatable bonds is 7. The molecule has 4 rings (SSSR count). The summed E-state index contributed by atoms with van der Waals surface area (Å²) in [6.07, 6.45) is 10.1. The van der Waals surface area contributed by atoms with Crippen molar-refractivity contribution in [2.45, 2.75) is 38.6 Å². The van der Waals surface area contributed by atoms with Gasteiger partial charge in [0.25, 0.3) is 5.91 Å². The van der Waals surface area contributed by atoms with Crippen LogP contribution in [-0.4, -0.2) is 24.2 Å². The molecule has 0 bridgehead atoms. The first-order valence-electron chi connectivity index (χ1n) is 9.82. The van der Waals surface area contributed by atoms with Crippen LogP contribution in [0.2, 0.25) is 0 Å². The number of fused-ring (bicyclic) bond motifs is 1. The monoisotopic (exact) mass is 379 g/mol. The zero-order valence-corrected chi connectivity index (χ0v) is 15.9. The van der Waals surface area contributed by atoms with Gasteiger partial charge in [-0.2, -0.15) is 0 Å². The fourth-order valence-electron chi connectivity index (χ4n) is 3.49. The number of allylic oxidation sites excluding steroid dienone is 1. The number of nitrogens with zero attached hydrogens (tertiary/aromatic N) is 1. The number of aromatic nitrogens is 1. The second kappa shape index (κ2) is 8.78. The summed E-state index contributed by atoms with van der Waals surface area (Å²) >= 11 is 0. The number of carbonyl (C=O) groups excluding carboxylic acids is 1. The lowest BCUT2D eigenvalue weighted by Gasteiger charge is -2.13. The molecule has 1 aromatic carbocycles. The van der Waals surface area contributed by atoms with Gasteiger partial charge in [0.1, 0.15) is 5.69 Å². The minimum atomic E-state index is -0.198. The molecule has 0 saturated heterocycles. The van der Waals surface area contributed by atoms with Gasteiger partial charge in [0, 0.05) is 25.0 Å². The molecule has 0 atom stereocenters. The first-order chi connectivity index (χ1) is 13.8. The lowest BCUT2D eigenvalue weighted by Crippen LogP contribution is -2.23. The molecule has 2 aromatic rings. The molecule has 0 spiro atoms. The molecule has 6 nitrogen and oxygen atoms in total. The Morgan fingerprint density at radius 2 is 2.04 bits per heavy atom. The lowest BCUT2D eigenvalue weighted by atomic mass is 9.97. The summed E-state index contributed by atoms with van der Waals surface area (Å²) < 4.78 is 10.7. The van der Waals surface area contributed by atoms with Gasteiger partial charge in [0.15, 0.2) is 11.5 Å². The van der Waals surface area contributed by atoms with Crippen LogP contribution in [0.4, 0.5) is 5.69 Å². The van der Waals surface area contributed by atoms with Crippen molar-refractivity contribution < 1.29 is 14.3 Å².